The first-order valence-corrected chi connectivity index (χ1v) is 24.6. The van der Waals surface area contributed by atoms with Gasteiger partial charge in [-0.1, -0.05) is 126 Å². The SMILES string of the molecule is Cc1cc(C)c(-c2cc3c(cn2)oc2c(-c4nc5ccccc5n4-c4c(C)cccc4C)[c-]ccc23)c(C)c1.[2H]C([2H])([2H])c1cc(-c2[c-]cc(F)c(-c3ccccc3)c2)ncc1[Si](C)(C)C.[Ir]. The molecular weight excluding hydrogens is 984 g/mol. The fourth-order valence-electron chi connectivity index (χ4n) is 8.77. The molecule has 321 valence electrons. The van der Waals surface area contributed by atoms with Gasteiger partial charge in [0.25, 0.3) is 0 Å². The molecule has 6 aromatic carbocycles. The van der Waals surface area contributed by atoms with Crippen molar-refractivity contribution in [3.05, 3.63) is 185 Å². The molecule has 0 aliphatic heterocycles. The topological polar surface area (TPSA) is 56.7 Å². The minimum atomic E-state index is -2.23. The van der Waals surface area contributed by atoms with Crippen LogP contribution >= 0.6 is 0 Å². The fourth-order valence-corrected chi connectivity index (χ4v) is 10.1. The van der Waals surface area contributed by atoms with Crippen LogP contribution in [0.25, 0.3) is 83.7 Å². The molecule has 0 amide bonds. The van der Waals surface area contributed by atoms with E-state index in [0.717, 1.165) is 66.5 Å². The molecule has 0 atom stereocenters. The zero-order chi connectivity index (χ0) is 46.7. The number of hydrogen-bond acceptors (Lipinski definition) is 4. The summed E-state index contributed by atoms with van der Waals surface area (Å²) < 4.78 is 46.8. The van der Waals surface area contributed by atoms with Crippen molar-refractivity contribution in [3.8, 4) is 50.7 Å². The molecule has 10 rings (SSSR count). The second-order valence-electron chi connectivity index (χ2n) is 17.4. The fraction of sp³-hybridized carbons (Fsp3) is 0.161. The molecule has 10 aromatic rings. The van der Waals surface area contributed by atoms with Gasteiger partial charge >= 0.3 is 0 Å². The van der Waals surface area contributed by atoms with E-state index in [1.54, 1.807) is 18.3 Å². The van der Waals surface area contributed by atoms with Gasteiger partial charge in [0.2, 0.25) is 0 Å². The van der Waals surface area contributed by atoms with E-state index in [1.165, 1.54) is 39.4 Å². The first-order valence-electron chi connectivity index (χ1n) is 22.6. The van der Waals surface area contributed by atoms with E-state index in [1.807, 2.05) is 48.7 Å². The van der Waals surface area contributed by atoms with Crippen molar-refractivity contribution in [3.63, 3.8) is 0 Å². The van der Waals surface area contributed by atoms with Crippen LogP contribution in [0.1, 0.15) is 37.5 Å². The number of fused-ring (bicyclic) bond motifs is 4. The Labute approximate surface area is 393 Å². The molecule has 5 nitrogen and oxygen atoms in total. The molecule has 0 aliphatic carbocycles. The van der Waals surface area contributed by atoms with Crippen LogP contribution in [0, 0.1) is 59.4 Å². The number of para-hydroxylation sites is 3. The summed E-state index contributed by atoms with van der Waals surface area (Å²) in [5, 5.41) is 2.89. The van der Waals surface area contributed by atoms with E-state index in [2.05, 4.69) is 137 Å². The molecule has 0 aliphatic rings. The first-order chi connectivity index (χ1) is 31.5. The second kappa shape index (κ2) is 17.7. The molecule has 8 heteroatoms. The van der Waals surface area contributed by atoms with E-state index >= 15 is 0 Å². The third-order valence-corrected chi connectivity index (χ3v) is 13.7. The van der Waals surface area contributed by atoms with Crippen molar-refractivity contribution in [1.82, 2.24) is 19.5 Å². The minimum Gasteiger partial charge on any atom is -0.499 e. The van der Waals surface area contributed by atoms with Gasteiger partial charge in [0.05, 0.1) is 42.4 Å². The second-order valence-corrected chi connectivity index (χ2v) is 22.4. The van der Waals surface area contributed by atoms with E-state index in [0.29, 0.717) is 22.4 Å². The maximum Gasteiger partial charge on any atom is 0.139 e. The summed E-state index contributed by atoms with van der Waals surface area (Å²) in [5.74, 6) is 0.441. The number of nitrogens with zero attached hydrogens (tertiary/aromatic N) is 4. The molecule has 0 saturated carbocycles. The van der Waals surface area contributed by atoms with E-state index in [4.69, 9.17) is 18.5 Å². The van der Waals surface area contributed by atoms with Crippen LogP contribution in [0.15, 0.2) is 138 Å². The van der Waals surface area contributed by atoms with Gasteiger partial charge in [-0.15, -0.1) is 42.0 Å². The normalized spacial score (nSPS) is 12.4. The molecule has 1 radical (unpaired) electrons. The number of pyridine rings is 2. The Kier molecular flexibility index (Phi) is 11.2. The number of imidazole rings is 1. The van der Waals surface area contributed by atoms with Crippen LogP contribution < -0.4 is 5.19 Å². The Balaban J connectivity index is 0.000000192. The molecule has 0 N–H and O–H groups in total. The number of rotatable bonds is 6. The van der Waals surface area contributed by atoms with Crippen molar-refractivity contribution < 1.29 is 33.0 Å². The summed E-state index contributed by atoms with van der Waals surface area (Å²) in [7, 11) is -1.88. The van der Waals surface area contributed by atoms with Crippen molar-refractivity contribution >= 4 is 46.2 Å². The van der Waals surface area contributed by atoms with Gasteiger partial charge in [0.1, 0.15) is 5.58 Å². The first kappa shape index (κ1) is 40.5. The van der Waals surface area contributed by atoms with Crippen LogP contribution in [-0.4, -0.2) is 27.6 Å². The van der Waals surface area contributed by atoms with Gasteiger partial charge in [-0.05, 0) is 98.4 Å². The van der Waals surface area contributed by atoms with Gasteiger partial charge in [0, 0.05) is 52.9 Å². The average molecular weight is 1040 g/mol. The Hall–Kier alpha value is -6.31. The number of halogens is 1. The van der Waals surface area contributed by atoms with Crippen molar-refractivity contribution in [2.75, 3.05) is 0 Å². The number of hydrogen-bond donors (Lipinski definition) is 0. The molecule has 4 heterocycles. The van der Waals surface area contributed by atoms with E-state index in [9.17, 15) is 4.39 Å². The van der Waals surface area contributed by atoms with Gasteiger partial charge < -0.3 is 14.0 Å². The van der Waals surface area contributed by atoms with Gasteiger partial charge in [0.15, 0.2) is 0 Å². The van der Waals surface area contributed by atoms with Crippen LogP contribution in [0.5, 0.6) is 0 Å². The molecule has 0 saturated heterocycles. The average Bonchev–Trinajstić information content (AvgIpc) is 3.84. The number of benzene rings is 6. The summed E-state index contributed by atoms with van der Waals surface area (Å²) in [5.41, 5.74) is 16.3. The van der Waals surface area contributed by atoms with Gasteiger partial charge in [-0.2, -0.15) is 0 Å². The molecule has 0 spiro atoms. The molecule has 64 heavy (non-hydrogen) atoms. The minimum absolute atomic E-state index is 0. The number of furan rings is 1. The third kappa shape index (κ3) is 8.30. The quantitative estimate of drug-likeness (QED) is 0.123. The van der Waals surface area contributed by atoms with Gasteiger partial charge in [-0.3, -0.25) is 14.4 Å². The van der Waals surface area contributed by atoms with Crippen LogP contribution in [-0.2, 0) is 20.1 Å². The summed E-state index contributed by atoms with van der Waals surface area (Å²) >= 11 is 0. The largest absolute Gasteiger partial charge is 0.499 e. The smallest absolute Gasteiger partial charge is 0.139 e. The molecular formula is C56H49FIrN4OSi-2. The number of aryl methyl sites for hydroxylation is 6. The van der Waals surface area contributed by atoms with E-state index < -0.39 is 14.9 Å². The molecule has 0 bridgehead atoms. The maximum atomic E-state index is 14.3. The predicted octanol–water partition coefficient (Wildman–Crippen LogP) is 14.2. The zero-order valence-corrected chi connectivity index (χ0v) is 40.5. The zero-order valence-electron chi connectivity index (χ0n) is 40.1. The monoisotopic (exact) mass is 1040 g/mol. The Morgan fingerprint density at radius 1 is 0.703 bits per heavy atom. The summed E-state index contributed by atoms with van der Waals surface area (Å²) in [4.78, 5) is 14.4. The molecule has 0 fully saturated rings. The van der Waals surface area contributed by atoms with E-state index in [-0.39, 0.29) is 25.9 Å². The Morgan fingerprint density at radius 2 is 1.41 bits per heavy atom. The van der Waals surface area contributed by atoms with Crippen LogP contribution in [0.2, 0.25) is 19.6 Å². The van der Waals surface area contributed by atoms with Crippen molar-refractivity contribution in [2.45, 2.75) is 61.1 Å². The van der Waals surface area contributed by atoms with Crippen LogP contribution in [0.4, 0.5) is 4.39 Å². The predicted molar refractivity (Wildman–Crippen MR) is 261 cm³/mol. The van der Waals surface area contributed by atoms with Gasteiger partial charge in [-0.25, -0.2) is 0 Å². The third-order valence-electron chi connectivity index (χ3n) is 11.7. The summed E-state index contributed by atoms with van der Waals surface area (Å²) in [6.45, 7) is 14.8. The summed E-state index contributed by atoms with van der Waals surface area (Å²) in [6.07, 6.45) is 3.52. The molecule has 0 unspecified atom stereocenters. The maximum absolute atomic E-state index is 14.3. The Morgan fingerprint density at radius 3 is 2.12 bits per heavy atom. The summed E-state index contributed by atoms with van der Waals surface area (Å²) in [6, 6.07) is 45.5. The standard InChI is InChI=1S/C35H28N3O.C21H21FNSi.Ir/c1-20-16-23(4)32(24(5)17-20)29-18-27-25-12-9-13-26(34(25)39-31(27)19-36-29)35-37-28-14-6-7-15-30(28)38(35)33-21(2)10-8-11-22(33)3;1-15-12-20(23-14-21(15)24(2,3)4)17-10-11-19(22)18(13-17)16-8-6-5-7-9-16;/h6-12,14-19H,1-5H3;5-9,11-14H,1-4H3;/q2*-1;/i;1D3;. The van der Waals surface area contributed by atoms with Crippen molar-refractivity contribution in [2.24, 2.45) is 0 Å². The molecule has 4 aromatic heterocycles. The Bertz CT molecular complexity index is 3440. The number of aromatic nitrogens is 4. The van der Waals surface area contributed by atoms with Crippen molar-refractivity contribution in [1.29, 1.82) is 0 Å². The van der Waals surface area contributed by atoms with Crippen LogP contribution in [0.3, 0.4) is 0 Å².